The molecular weight excluding hydrogens is 344 g/mol. The minimum atomic E-state index is -0.426. The molecule has 0 saturated heterocycles. The van der Waals surface area contributed by atoms with E-state index in [4.69, 9.17) is 0 Å². The minimum absolute atomic E-state index is 0.0215. The van der Waals surface area contributed by atoms with Gasteiger partial charge in [0.15, 0.2) is 5.69 Å². The SMILES string of the molecule is CC(c1cccc([N+](=O)[O-])c1)N(C)C(=O)c1cc(C2CC2)n(C(C)(C)C)n1. The molecule has 7 heteroatoms. The van der Waals surface area contributed by atoms with E-state index in [2.05, 4.69) is 25.9 Å². The molecule has 1 unspecified atom stereocenters. The Morgan fingerprint density at radius 2 is 2.00 bits per heavy atom. The Labute approximate surface area is 159 Å². The Balaban J connectivity index is 1.87. The Kier molecular flexibility index (Phi) is 4.80. The van der Waals surface area contributed by atoms with Crippen LogP contribution in [0.15, 0.2) is 30.3 Å². The number of carbonyl (C=O) groups is 1. The normalized spacial score (nSPS) is 15.4. The first-order chi connectivity index (χ1) is 12.6. The van der Waals surface area contributed by atoms with Gasteiger partial charge in [0, 0.05) is 30.8 Å². The van der Waals surface area contributed by atoms with Gasteiger partial charge in [-0.1, -0.05) is 12.1 Å². The highest BCUT2D eigenvalue weighted by atomic mass is 16.6. The first kappa shape index (κ1) is 19.1. The molecule has 1 aliphatic carbocycles. The fourth-order valence-electron chi connectivity index (χ4n) is 3.19. The van der Waals surface area contributed by atoms with Gasteiger partial charge in [0.25, 0.3) is 11.6 Å². The van der Waals surface area contributed by atoms with Crippen LogP contribution in [0.5, 0.6) is 0 Å². The highest BCUT2D eigenvalue weighted by Crippen LogP contribution is 2.42. The molecule has 0 bridgehead atoms. The molecule has 1 fully saturated rings. The fourth-order valence-corrected chi connectivity index (χ4v) is 3.19. The van der Waals surface area contributed by atoms with E-state index in [1.165, 1.54) is 12.1 Å². The molecule has 0 spiro atoms. The number of carbonyl (C=O) groups excluding carboxylic acids is 1. The van der Waals surface area contributed by atoms with Gasteiger partial charge in [-0.2, -0.15) is 5.10 Å². The van der Waals surface area contributed by atoms with Crippen LogP contribution in [0.4, 0.5) is 5.69 Å². The smallest absolute Gasteiger partial charge is 0.274 e. The zero-order valence-corrected chi connectivity index (χ0v) is 16.5. The maximum atomic E-state index is 13.0. The van der Waals surface area contributed by atoms with Crippen molar-refractivity contribution in [2.24, 2.45) is 0 Å². The summed E-state index contributed by atoms with van der Waals surface area (Å²) >= 11 is 0. The van der Waals surface area contributed by atoms with Crippen LogP contribution in [0.3, 0.4) is 0 Å². The minimum Gasteiger partial charge on any atom is -0.334 e. The second-order valence-corrected chi connectivity index (χ2v) is 8.26. The van der Waals surface area contributed by atoms with Gasteiger partial charge in [0.1, 0.15) is 0 Å². The van der Waals surface area contributed by atoms with E-state index in [0.29, 0.717) is 11.6 Å². The summed E-state index contributed by atoms with van der Waals surface area (Å²) in [6, 6.07) is 8.00. The Hall–Kier alpha value is -2.70. The standard InChI is InChI=1S/C20H26N4O3/c1-13(15-7-6-8-16(11-15)24(26)27)22(5)19(25)17-12-18(14-9-10-14)23(21-17)20(2,3)4/h6-8,11-14H,9-10H2,1-5H3. The largest absolute Gasteiger partial charge is 0.334 e. The summed E-state index contributed by atoms with van der Waals surface area (Å²) in [7, 11) is 1.71. The predicted octanol–water partition coefficient (Wildman–Crippen LogP) is 4.26. The van der Waals surface area contributed by atoms with Gasteiger partial charge in [0.05, 0.1) is 16.5 Å². The molecule has 3 rings (SSSR count). The van der Waals surface area contributed by atoms with E-state index in [9.17, 15) is 14.9 Å². The van der Waals surface area contributed by atoms with E-state index in [1.807, 2.05) is 17.7 Å². The van der Waals surface area contributed by atoms with Crippen LogP contribution >= 0.6 is 0 Å². The van der Waals surface area contributed by atoms with Crippen LogP contribution in [0.2, 0.25) is 0 Å². The van der Waals surface area contributed by atoms with Crippen molar-refractivity contribution < 1.29 is 9.72 Å². The van der Waals surface area contributed by atoms with Gasteiger partial charge in [-0.05, 0) is 52.2 Å². The van der Waals surface area contributed by atoms with Crippen molar-refractivity contribution in [1.82, 2.24) is 14.7 Å². The number of benzene rings is 1. The number of hydrogen-bond acceptors (Lipinski definition) is 4. The van der Waals surface area contributed by atoms with Crippen molar-refractivity contribution in [1.29, 1.82) is 0 Å². The van der Waals surface area contributed by atoms with E-state index in [1.54, 1.807) is 24.1 Å². The van der Waals surface area contributed by atoms with Gasteiger partial charge < -0.3 is 4.90 Å². The number of non-ortho nitro benzene ring substituents is 1. The van der Waals surface area contributed by atoms with E-state index < -0.39 is 4.92 Å². The highest BCUT2D eigenvalue weighted by molar-refractivity contribution is 5.92. The Bertz CT molecular complexity index is 878. The summed E-state index contributed by atoms with van der Waals surface area (Å²) in [6.45, 7) is 8.10. The molecule has 144 valence electrons. The first-order valence-corrected chi connectivity index (χ1v) is 9.21. The molecule has 0 aliphatic heterocycles. The van der Waals surface area contributed by atoms with Crippen LogP contribution in [0, 0.1) is 10.1 Å². The lowest BCUT2D eigenvalue weighted by molar-refractivity contribution is -0.384. The average Bonchev–Trinajstić information content (AvgIpc) is 3.36. The van der Waals surface area contributed by atoms with E-state index >= 15 is 0 Å². The van der Waals surface area contributed by atoms with Crippen molar-refractivity contribution in [3.63, 3.8) is 0 Å². The average molecular weight is 370 g/mol. The second kappa shape index (κ2) is 6.79. The third-order valence-corrected chi connectivity index (χ3v) is 5.05. The Morgan fingerprint density at radius 1 is 1.33 bits per heavy atom. The highest BCUT2D eigenvalue weighted by Gasteiger charge is 2.33. The summed E-state index contributed by atoms with van der Waals surface area (Å²) in [5, 5.41) is 15.6. The maximum Gasteiger partial charge on any atom is 0.274 e. The molecule has 0 radical (unpaired) electrons. The molecule has 7 nitrogen and oxygen atoms in total. The number of aromatic nitrogens is 2. The summed E-state index contributed by atoms with van der Waals surface area (Å²) in [5.74, 6) is 0.302. The van der Waals surface area contributed by atoms with E-state index in [0.717, 1.165) is 24.1 Å². The van der Waals surface area contributed by atoms with Crippen LogP contribution in [-0.4, -0.2) is 32.6 Å². The van der Waals surface area contributed by atoms with Crippen molar-refractivity contribution >= 4 is 11.6 Å². The molecule has 1 heterocycles. The summed E-state index contributed by atoms with van der Waals surface area (Å²) in [5.41, 5.74) is 2.08. The quantitative estimate of drug-likeness (QED) is 0.582. The number of nitro benzene ring substituents is 1. The van der Waals surface area contributed by atoms with Crippen LogP contribution in [0.1, 0.15) is 74.2 Å². The molecule has 2 aromatic rings. The molecule has 1 atom stereocenters. The molecule has 1 aromatic carbocycles. The number of rotatable bonds is 5. The molecule has 1 aliphatic rings. The first-order valence-electron chi connectivity index (χ1n) is 9.21. The molecular formula is C20H26N4O3. The molecule has 1 saturated carbocycles. The topological polar surface area (TPSA) is 81.3 Å². The van der Waals surface area contributed by atoms with Crippen LogP contribution in [0.25, 0.3) is 0 Å². The molecule has 0 N–H and O–H groups in total. The molecule has 1 amide bonds. The lowest BCUT2D eigenvalue weighted by atomic mass is 10.1. The van der Waals surface area contributed by atoms with Crippen molar-refractivity contribution in [2.75, 3.05) is 7.05 Å². The Morgan fingerprint density at radius 3 is 2.56 bits per heavy atom. The third-order valence-electron chi connectivity index (χ3n) is 5.05. The zero-order valence-electron chi connectivity index (χ0n) is 16.5. The van der Waals surface area contributed by atoms with Gasteiger partial charge in [-0.25, -0.2) is 0 Å². The summed E-state index contributed by atoms with van der Waals surface area (Å²) in [6.07, 6.45) is 2.27. The maximum absolute atomic E-state index is 13.0. The lowest BCUT2D eigenvalue weighted by Crippen LogP contribution is -2.31. The van der Waals surface area contributed by atoms with Gasteiger partial charge in [-0.3, -0.25) is 19.6 Å². The third kappa shape index (κ3) is 3.86. The van der Waals surface area contributed by atoms with Crippen LogP contribution < -0.4 is 0 Å². The van der Waals surface area contributed by atoms with Crippen molar-refractivity contribution in [3.8, 4) is 0 Å². The van der Waals surface area contributed by atoms with Gasteiger partial charge in [-0.15, -0.1) is 0 Å². The van der Waals surface area contributed by atoms with Gasteiger partial charge >= 0.3 is 0 Å². The van der Waals surface area contributed by atoms with Crippen molar-refractivity contribution in [3.05, 3.63) is 57.4 Å². The van der Waals surface area contributed by atoms with E-state index in [-0.39, 0.29) is 23.2 Å². The predicted molar refractivity (Wildman–Crippen MR) is 103 cm³/mol. The second-order valence-electron chi connectivity index (χ2n) is 8.26. The van der Waals surface area contributed by atoms with Crippen molar-refractivity contribution in [2.45, 2.75) is 58.0 Å². The zero-order chi connectivity index (χ0) is 19.9. The van der Waals surface area contributed by atoms with Gasteiger partial charge in [0.2, 0.25) is 0 Å². The van der Waals surface area contributed by atoms with Crippen LogP contribution in [-0.2, 0) is 5.54 Å². The summed E-state index contributed by atoms with van der Waals surface area (Å²) < 4.78 is 1.96. The number of hydrogen-bond donors (Lipinski definition) is 0. The number of nitro groups is 1. The molecule has 27 heavy (non-hydrogen) atoms. The fraction of sp³-hybridized carbons (Fsp3) is 0.500. The lowest BCUT2D eigenvalue weighted by Gasteiger charge is -2.25. The number of amides is 1. The monoisotopic (exact) mass is 370 g/mol. The molecule has 1 aromatic heterocycles. The summed E-state index contributed by atoms with van der Waals surface area (Å²) in [4.78, 5) is 25.2. The number of nitrogens with zero attached hydrogens (tertiary/aromatic N) is 4.